The molecular formula is C22H24N4O3. The number of fused-ring (bicyclic) bond motifs is 1. The van der Waals surface area contributed by atoms with Gasteiger partial charge in [-0.2, -0.15) is 0 Å². The number of imide groups is 1. The van der Waals surface area contributed by atoms with Gasteiger partial charge in [0.05, 0.1) is 17.7 Å². The summed E-state index contributed by atoms with van der Waals surface area (Å²) in [5, 5.41) is 0. The molecule has 150 valence electrons. The number of aromatic nitrogens is 1. The lowest BCUT2D eigenvalue weighted by atomic mass is 9.91. The number of pyridine rings is 1. The van der Waals surface area contributed by atoms with Gasteiger partial charge in [-0.1, -0.05) is 6.92 Å². The van der Waals surface area contributed by atoms with E-state index in [-0.39, 0.29) is 35.9 Å². The monoisotopic (exact) mass is 392 g/mol. The van der Waals surface area contributed by atoms with Gasteiger partial charge in [0.1, 0.15) is 0 Å². The van der Waals surface area contributed by atoms with Crippen molar-refractivity contribution < 1.29 is 14.4 Å². The van der Waals surface area contributed by atoms with Crippen molar-refractivity contribution in [1.82, 2.24) is 14.8 Å². The van der Waals surface area contributed by atoms with Gasteiger partial charge in [-0.3, -0.25) is 24.3 Å². The summed E-state index contributed by atoms with van der Waals surface area (Å²) in [7, 11) is 0. The van der Waals surface area contributed by atoms with Crippen LogP contribution >= 0.6 is 0 Å². The molecule has 2 atom stereocenters. The predicted molar refractivity (Wildman–Crippen MR) is 107 cm³/mol. The van der Waals surface area contributed by atoms with Crippen molar-refractivity contribution in [3.63, 3.8) is 0 Å². The minimum Gasteiger partial charge on any atom is -0.334 e. The second-order valence-electron chi connectivity index (χ2n) is 7.83. The molecule has 7 heteroatoms. The Bertz CT molecular complexity index is 960. The first-order valence-corrected chi connectivity index (χ1v) is 9.89. The van der Waals surface area contributed by atoms with Gasteiger partial charge in [-0.25, -0.2) is 0 Å². The van der Waals surface area contributed by atoms with E-state index in [0.29, 0.717) is 30.1 Å². The van der Waals surface area contributed by atoms with Crippen LogP contribution in [0.2, 0.25) is 0 Å². The highest BCUT2D eigenvalue weighted by Gasteiger charge is 2.37. The summed E-state index contributed by atoms with van der Waals surface area (Å²) in [5.41, 5.74) is 7.75. The molecule has 0 aliphatic carbocycles. The summed E-state index contributed by atoms with van der Waals surface area (Å²) in [4.78, 5) is 45.6. The molecule has 3 heterocycles. The molecule has 3 amide bonds. The van der Waals surface area contributed by atoms with Crippen molar-refractivity contribution in [2.45, 2.75) is 32.4 Å². The molecule has 0 spiro atoms. The van der Waals surface area contributed by atoms with E-state index in [9.17, 15) is 14.4 Å². The number of benzene rings is 1. The average Bonchev–Trinajstić information content (AvgIpc) is 2.98. The Hall–Kier alpha value is -3.06. The van der Waals surface area contributed by atoms with Crippen LogP contribution in [0.25, 0.3) is 0 Å². The number of hydrogen-bond donors (Lipinski definition) is 1. The van der Waals surface area contributed by atoms with Crippen LogP contribution in [0, 0.1) is 5.92 Å². The van der Waals surface area contributed by atoms with E-state index in [0.717, 1.165) is 18.4 Å². The van der Waals surface area contributed by atoms with E-state index >= 15 is 0 Å². The molecule has 7 nitrogen and oxygen atoms in total. The van der Waals surface area contributed by atoms with Crippen LogP contribution in [0.15, 0.2) is 42.7 Å². The summed E-state index contributed by atoms with van der Waals surface area (Å²) in [6.45, 7) is 3.41. The van der Waals surface area contributed by atoms with E-state index in [2.05, 4.69) is 11.9 Å². The van der Waals surface area contributed by atoms with Crippen molar-refractivity contribution in [3.8, 4) is 0 Å². The van der Waals surface area contributed by atoms with Crippen molar-refractivity contribution in [3.05, 3.63) is 65.0 Å². The molecule has 0 radical (unpaired) electrons. The zero-order chi connectivity index (χ0) is 20.5. The predicted octanol–water partition coefficient (Wildman–Crippen LogP) is 2.08. The summed E-state index contributed by atoms with van der Waals surface area (Å²) in [6.07, 6.45) is 5.06. The summed E-state index contributed by atoms with van der Waals surface area (Å²) < 4.78 is 0. The van der Waals surface area contributed by atoms with Crippen LogP contribution < -0.4 is 5.73 Å². The lowest BCUT2D eigenvalue weighted by Crippen LogP contribution is -2.49. The van der Waals surface area contributed by atoms with Gasteiger partial charge in [0.25, 0.3) is 17.7 Å². The lowest BCUT2D eigenvalue weighted by Gasteiger charge is -2.38. The molecule has 1 fully saturated rings. The van der Waals surface area contributed by atoms with E-state index in [4.69, 9.17) is 5.73 Å². The number of nitrogens with two attached hydrogens (primary N) is 1. The van der Waals surface area contributed by atoms with Crippen LogP contribution in [-0.4, -0.2) is 51.6 Å². The van der Waals surface area contributed by atoms with E-state index < -0.39 is 0 Å². The maximum Gasteiger partial charge on any atom is 0.261 e. The zero-order valence-corrected chi connectivity index (χ0v) is 16.4. The third-order valence-electron chi connectivity index (χ3n) is 5.82. The minimum atomic E-state index is -0.376. The highest BCUT2D eigenvalue weighted by atomic mass is 16.2. The lowest BCUT2D eigenvalue weighted by molar-refractivity contribution is 0.0573. The van der Waals surface area contributed by atoms with Crippen LogP contribution in [0.4, 0.5) is 0 Å². The zero-order valence-electron chi connectivity index (χ0n) is 16.4. The Morgan fingerprint density at radius 2 is 1.86 bits per heavy atom. The third-order valence-corrected chi connectivity index (χ3v) is 5.82. The largest absolute Gasteiger partial charge is 0.334 e. The van der Waals surface area contributed by atoms with Crippen LogP contribution in [0.1, 0.15) is 56.4 Å². The summed E-state index contributed by atoms with van der Waals surface area (Å²) >= 11 is 0. The number of carbonyl (C=O) groups is 3. The quantitative estimate of drug-likeness (QED) is 0.804. The normalized spacial score (nSPS) is 21.4. The van der Waals surface area contributed by atoms with E-state index in [1.165, 1.54) is 4.90 Å². The molecule has 2 aliphatic rings. The molecular weight excluding hydrogens is 368 g/mol. The first-order chi connectivity index (χ1) is 14.0. The Morgan fingerprint density at radius 3 is 2.59 bits per heavy atom. The number of piperidine rings is 1. The molecule has 2 unspecified atom stereocenters. The number of nitrogens with zero attached hydrogens (tertiary/aromatic N) is 3. The van der Waals surface area contributed by atoms with Gasteiger partial charge in [0, 0.05) is 37.1 Å². The van der Waals surface area contributed by atoms with Crippen LogP contribution in [0.3, 0.4) is 0 Å². The van der Waals surface area contributed by atoms with Gasteiger partial charge in [-0.05, 0) is 54.7 Å². The molecule has 2 N–H and O–H groups in total. The first-order valence-electron chi connectivity index (χ1n) is 9.89. The summed E-state index contributed by atoms with van der Waals surface area (Å²) in [6, 6.07) is 8.30. The van der Waals surface area contributed by atoms with Crippen molar-refractivity contribution in [1.29, 1.82) is 0 Å². The minimum absolute atomic E-state index is 0.0000247. The van der Waals surface area contributed by atoms with Gasteiger partial charge >= 0.3 is 0 Å². The molecule has 1 aromatic carbocycles. The average molecular weight is 392 g/mol. The molecule has 29 heavy (non-hydrogen) atoms. The molecule has 1 aromatic heterocycles. The van der Waals surface area contributed by atoms with Crippen molar-refractivity contribution in [2.24, 2.45) is 11.7 Å². The smallest absolute Gasteiger partial charge is 0.261 e. The number of hydrogen-bond acceptors (Lipinski definition) is 5. The van der Waals surface area contributed by atoms with E-state index in [1.807, 2.05) is 0 Å². The van der Waals surface area contributed by atoms with Gasteiger partial charge in [0.2, 0.25) is 0 Å². The Balaban J connectivity index is 1.58. The standard InChI is InChI=1S/C22H24N4O3/c1-14-6-9-25(17(10-14)12-23)20(27)16-2-3-18-19(11-16)22(29)26(21(18)28)13-15-4-7-24-8-5-15/h2-5,7-8,11,14,17H,6,9-10,12-13,23H2,1H3. The fourth-order valence-electron chi connectivity index (χ4n) is 4.15. The fraction of sp³-hybridized carbons (Fsp3) is 0.364. The maximum atomic E-state index is 13.1. The summed E-state index contributed by atoms with van der Waals surface area (Å²) in [5.74, 6) is -0.317. The SMILES string of the molecule is CC1CCN(C(=O)c2ccc3c(c2)C(=O)N(Cc2ccncc2)C3=O)C(CN)C1. The topological polar surface area (TPSA) is 96.6 Å². The Morgan fingerprint density at radius 1 is 1.14 bits per heavy atom. The fourth-order valence-corrected chi connectivity index (χ4v) is 4.15. The van der Waals surface area contributed by atoms with Gasteiger partial charge in [-0.15, -0.1) is 0 Å². The van der Waals surface area contributed by atoms with Crippen LogP contribution in [0.5, 0.6) is 0 Å². The maximum absolute atomic E-state index is 13.1. The molecule has 2 aromatic rings. The second-order valence-corrected chi connectivity index (χ2v) is 7.83. The Kier molecular flexibility index (Phi) is 5.15. The van der Waals surface area contributed by atoms with Gasteiger partial charge in [0.15, 0.2) is 0 Å². The number of amides is 3. The number of likely N-dealkylation sites (tertiary alicyclic amines) is 1. The first kappa shape index (κ1) is 19.3. The molecule has 0 saturated carbocycles. The van der Waals surface area contributed by atoms with Crippen LogP contribution in [-0.2, 0) is 6.54 Å². The number of rotatable bonds is 4. The Labute approximate surface area is 169 Å². The van der Waals surface area contributed by atoms with Crippen molar-refractivity contribution >= 4 is 17.7 Å². The second kappa shape index (κ2) is 7.75. The molecule has 4 rings (SSSR count). The highest BCUT2D eigenvalue weighted by Crippen LogP contribution is 2.28. The molecule has 0 bridgehead atoms. The van der Waals surface area contributed by atoms with E-state index in [1.54, 1.807) is 47.6 Å². The van der Waals surface area contributed by atoms with Gasteiger partial charge < -0.3 is 10.6 Å². The van der Waals surface area contributed by atoms with Crippen molar-refractivity contribution in [2.75, 3.05) is 13.1 Å². The highest BCUT2D eigenvalue weighted by molar-refractivity contribution is 6.22. The number of carbonyl (C=O) groups excluding carboxylic acids is 3. The molecule has 2 aliphatic heterocycles. The third kappa shape index (κ3) is 3.53. The molecule has 1 saturated heterocycles.